The number of pyridine rings is 1. The van der Waals surface area contributed by atoms with Gasteiger partial charge in [-0.2, -0.15) is 13.2 Å². The molecular weight excluding hydrogens is 477 g/mol. The summed E-state index contributed by atoms with van der Waals surface area (Å²) in [6.45, 7) is 2.07. The predicted octanol–water partition coefficient (Wildman–Crippen LogP) is 7.15. The fourth-order valence-electron chi connectivity index (χ4n) is 4.18. The number of aldehydes is 1. The second kappa shape index (κ2) is 10.8. The van der Waals surface area contributed by atoms with Crippen LogP contribution in [0.25, 0.3) is 32.8 Å². The molecule has 2 N–H and O–H groups in total. The summed E-state index contributed by atoms with van der Waals surface area (Å²) in [5, 5.41) is 6.01. The van der Waals surface area contributed by atoms with Gasteiger partial charge in [0.25, 0.3) is 0 Å². The Hall–Kier alpha value is -4.23. The highest BCUT2D eigenvalue weighted by Crippen LogP contribution is 2.33. The van der Waals surface area contributed by atoms with E-state index >= 15 is 0 Å². The Bertz CT molecular complexity index is 1610. The van der Waals surface area contributed by atoms with E-state index in [1.165, 1.54) is 12.1 Å². The third-order valence-electron chi connectivity index (χ3n) is 6.25. The van der Waals surface area contributed by atoms with Gasteiger partial charge in [-0.1, -0.05) is 60.7 Å². The van der Waals surface area contributed by atoms with Crippen molar-refractivity contribution < 1.29 is 18.0 Å². The minimum atomic E-state index is -4.34. The van der Waals surface area contributed by atoms with Gasteiger partial charge < -0.3 is 10.3 Å². The zero-order chi connectivity index (χ0) is 26.6. The van der Waals surface area contributed by atoms with Crippen LogP contribution in [0.4, 0.5) is 13.2 Å². The van der Waals surface area contributed by atoms with Crippen LogP contribution in [0.1, 0.15) is 34.5 Å². The molecule has 37 heavy (non-hydrogen) atoms. The van der Waals surface area contributed by atoms with Gasteiger partial charge in [-0.25, -0.2) is 0 Å². The molecule has 0 amide bonds. The number of nitrogens with one attached hydrogen (secondary N) is 2. The molecular formula is C30H25F3N2O2. The van der Waals surface area contributed by atoms with Crippen LogP contribution in [0.2, 0.25) is 0 Å². The van der Waals surface area contributed by atoms with Gasteiger partial charge in [0.1, 0.15) is 6.29 Å². The van der Waals surface area contributed by atoms with Crippen molar-refractivity contribution in [2.24, 2.45) is 0 Å². The highest BCUT2D eigenvalue weighted by Gasteiger charge is 2.30. The van der Waals surface area contributed by atoms with Crippen molar-refractivity contribution in [2.45, 2.75) is 19.1 Å². The zero-order valence-corrected chi connectivity index (χ0v) is 20.3. The van der Waals surface area contributed by atoms with E-state index in [1.807, 2.05) is 55.6 Å². The lowest BCUT2D eigenvalue weighted by Gasteiger charge is -2.12. The maximum atomic E-state index is 12.6. The number of carbonyl (C=O) groups excluding carboxylic acids is 1. The number of hydrogen-bond acceptors (Lipinski definition) is 3. The summed E-state index contributed by atoms with van der Waals surface area (Å²) in [6, 6.07) is 25.6. The summed E-state index contributed by atoms with van der Waals surface area (Å²) in [5.41, 5.74) is 3.43. The van der Waals surface area contributed by atoms with Crippen molar-refractivity contribution in [3.05, 3.63) is 118 Å². The maximum absolute atomic E-state index is 12.6. The molecule has 0 radical (unpaired) electrons. The standard InChI is InChI=1S/C18H11F3O.C12H14N2O/c19-18(20,21)15-7-5-13(6-8-15)16-3-1-2-14-10-12(11-22)4-9-17(14)16;1-8(13-2)10-5-3-4-9-6-7-11(15)14-12(9)10/h1-11H;3-8,13H,1-2H3,(H,14,15). The number of benzene rings is 4. The smallest absolute Gasteiger partial charge is 0.322 e. The van der Waals surface area contributed by atoms with Gasteiger partial charge in [0.05, 0.1) is 11.1 Å². The van der Waals surface area contributed by atoms with Crippen LogP contribution in [0.3, 0.4) is 0 Å². The lowest BCUT2D eigenvalue weighted by molar-refractivity contribution is -0.137. The van der Waals surface area contributed by atoms with Crippen LogP contribution in [0, 0.1) is 0 Å². The number of hydrogen-bond donors (Lipinski definition) is 2. The van der Waals surface area contributed by atoms with Gasteiger partial charge in [-0.15, -0.1) is 0 Å². The average molecular weight is 503 g/mol. The Morgan fingerprint density at radius 1 is 0.865 bits per heavy atom. The molecule has 0 bridgehead atoms. The molecule has 0 aliphatic carbocycles. The first-order valence-corrected chi connectivity index (χ1v) is 11.7. The van der Waals surface area contributed by atoms with Crippen LogP contribution in [-0.4, -0.2) is 18.3 Å². The van der Waals surface area contributed by atoms with E-state index in [2.05, 4.69) is 17.2 Å². The van der Waals surface area contributed by atoms with E-state index < -0.39 is 11.7 Å². The highest BCUT2D eigenvalue weighted by molar-refractivity contribution is 5.99. The molecule has 7 heteroatoms. The molecule has 1 heterocycles. The van der Waals surface area contributed by atoms with Gasteiger partial charge in [-0.05, 0) is 71.1 Å². The van der Waals surface area contributed by atoms with Crippen molar-refractivity contribution in [3.8, 4) is 11.1 Å². The largest absolute Gasteiger partial charge is 0.416 e. The van der Waals surface area contributed by atoms with Crippen molar-refractivity contribution in [1.82, 2.24) is 10.3 Å². The number of alkyl halides is 3. The second-order valence-electron chi connectivity index (χ2n) is 8.62. The Kier molecular flexibility index (Phi) is 7.55. The summed E-state index contributed by atoms with van der Waals surface area (Å²) >= 11 is 0. The lowest BCUT2D eigenvalue weighted by atomic mass is 9.96. The van der Waals surface area contributed by atoms with Gasteiger partial charge >= 0.3 is 6.18 Å². The number of aromatic amines is 1. The number of carbonyl (C=O) groups is 1. The molecule has 1 aromatic heterocycles. The molecule has 5 aromatic rings. The normalized spacial score (nSPS) is 12.1. The first-order chi connectivity index (χ1) is 17.7. The summed E-state index contributed by atoms with van der Waals surface area (Å²) < 4.78 is 37.9. The first kappa shape index (κ1) is 25.9. The fourth-order valence-corrected chi connectivity index (χ4v) is 4.18. The zero-order valence-electron chi connectivity index (χ0n) is 20.3. The number of halogens is 3. The molecule has 4 aromatic carbocycles. The van der Waals surface area contributed by atoms with Crippen LogP contribution in [0.5, 0.6) is 0 Å². The van der Waals surface area contributed by atoms with Gasteiger partial charge in [-0.3, -0.25) is 9.59 Å². The lowest BCUT2D eigenvalue weighted by Crippen LogP contribution is -2.14. The van der Waals surface area contributed by atoms with Crippen LogP contribution < -0.4 is 10.9 Å². The summed E-state index contributed by atoms with van der Waals surface area (Å²) in [4.78, 5) is 25.0. The Morgan fingerprint density at radius 3 is 2.24 bits per heavy atom. The SMILES string of the molecule is CNC(C)c1cccc2ccc(=O)[nH]c12.O=Cc1ccc2c(-c3ccc(C(F)(F)F)cc3)cccc2c1. The van der Waals surface area contributed by atoms with Crippen LogP contribution in [0.15, 0.2) is 95.8 Å². The summed E-state index contributed by atoms with van der Waals surface area (Å²) in [7, 11) is 1.91. The topological polar surface area (TPSA) is 62.0 Å². The van der Waals surface area contributed by atoms with Gasteiger partial charge in [0, 0.05) is 17.7 Å². The molecule has 4 nitrogen and oxygen atoms in total. The maximum Gasteiger partial charge on any atom is 0.416 e. The minimum absolute atomic E-state index is 0.0572. The molecule has 0 saturated carbocycles. The van der Waals surface area contributed by atoms with E-state index in [9.17, 15) is 22.8 Å². The highest BCUT2D eigenvalue weighted by atomic mass is 19.4. The van der Waals surface area contributed by atoms with E-state index in [4.69, 9.17) is 0 Å². The third kappa shape index (κ3) is 5.78. The van der Waals surface area contributed by atoms with Crippen molar-refractivity contribution in [3.63, 3.8) is 0 Å². The average Bonchev–Trinajstić information content (AvgIpc) is 2.91. The monoisotopic (exact) mass is 502 g/mol. The first-order valence-electron chi connectivity index (χ1n) is 11.7. The molecule has 0 fully saturated rings. The molecule has 0 saturated heterocycles. The third-order valence-corrected chi connectivity index (χ3v) is 6.25. The van der Waals surface area contributed by atoms with Crippen LogP contribution in [-0.2, 0) is 6.18 Å². The van der Waals surface area contributed by atoms with E-state index in [0.29, 0.717) is 11.1 Å². The number of fused-ring (bicyclic) bond motifs is 2. The van der Waals surface area contributed by atoms with E-state index in [-0.39, 0.29) is 11.6 Å². The molecule has 0 spiro atoms. The Morgan fingerprint density at radius 2 is 1.57 bits per heavy atom. The number of aromatic nitrogens is 1. The summed E-state index contributed by atoms with van der Waals surface area (Å²) in [5.74, 6) is 0. The minimum Gasteiger partial charge on any atom is -0.322 e. The summed E-state index contributed by atoms with van der Waals surface area (Å²) in [6.07, 6.45) is -3.57. The van der Waals surface area contributed by atoms with Crippen LogP contribution >= 0.6 is 0 Å². The fraction of sp³-hybridized carbons (Fsp3) is 0.133. The Balaban J connectivity index is 0.000000186. The van der Waals surface area contributed by atoms with Crippen molar-refractivity contribution >= 4 is 28.0 Å². The molecule has 0 aliphatic rings. The number of H-pyrrole nitrogens is 1. The molecule has 1 unspecified atom stereocenters. The predicted molar refractivity (Wildman–Crippen MR) is 142 cm³/mol. The van der Waals surface area contributed by atoms with Crippen molar-refractivity contribution in [1.29, 1.82) is 0 Å². The van der Waals surface area contributed by atoms with Crippen molar-refractivity contribution in [2.75, 3.05) is 7.05 Å². The molecule has 0 aliphatic heterocycles. The number of para-hydroxylation sites is 1. The second-order valence-corrected chi connectivity index (χ2v) is 8.62. The Labute approximate surface area is 211 Å². The quantitative estimate of drug-likeness (QED) is 0.257. The number of rotatable bonds is 4. The van der Waals surface area contributed by atoms with E-state index in [1.54, 1.807) is 18.2 Å². The van der Waals surface area contributed by atoms with Gasteiger partial charge in [0.15, 0.2) is 0 Å². The van der Waals surface area contributed by atoms with E-state index in [0.717, 1.165) is 51.2 Å². The molecule has 5 rings (SSSR count). The molecule has 1 atom stereocenters. The van der Waals surface area contributed by atoms with Gasteiger partial charge in [0.2, 0.25) is 5.56 Å². The molecule has 188 valence electrons.